The summed E-state index contributed by atoms with van der Waals surface area (Å²) in [4.78, 5) is 0. The van der Waals surface area contributed by atoms with Crippen molar-refractivity contribution in [3.63, 3.8) is 0 Å². The SMILES string of the molecule is COc1ccc(OCC2CNCCO2)cc1.Cl. The lowest BCUT2D eigenvalue weighted by Gasteiger charge is -2.23. The highest BCUT2D eigenvalue weighted by Crippen LogP contribution is 2.17. The number of ether oxygens (including phenoxy) is 3. The van der Waals surface area contributed by atoms with E-state index in [0.717, 1.165) is 31.2 Å². The third kappa shape index (κ3) is 4.42. The van der Waals surface area contributed by atoms with Crippen LogP contribution in [0.1, 0.15) is 0 Å². The van der Waals surface area contributed by atoms with Crippen LogP contribution in [0, 0.1) is 0 Å². The summed E-state index contributed by atoms with van der Waals surface area (Å²) in [5.74, 6) is 1.68. The van der Waals surface area contributed by atoms with Crippen LogP contribution in [0.25, 0.3) is 0 Å². The molecule has 1 aliphatic heterocycles. The molecule has 4 nitrogen and oxygen atoms in total. The molecule has 1 heterocycles. The molecule has 0 aromatic heterocycles. The van der Waals surface area contributed by atoms with E-state index in [1.165, 1.54) is 0 Å². The quantitative estimate of drug-likeness (QED) is 0.889. The van der Waals surface area contributed by atoms with Gasteiger partial charge in [0.2, 0.25) is 0 Å². The molecule has 1 saturated heterocycles. The fourth-order valence-electron chi connectivity index (χ4n) is 1.59. The first-order chi connectivity index (χ1) is 7.88. The van der Waals surface area contributed by atoms with Crippen molar-refractivity contribution in [2.45, 2.75) is 6.10 Å². The second kappa shape index (κ2) is 7.37. The van der Waals surface area contributed by atoms with Crippen molar-refractivity contribution >= 4 is 12.4 Å². The van der Waals surface area contributed by atoms with Gasteiger partial charge < -0.3 is 19.5 Å². The fourth-order valence-corrected chi connectivity index (χ4v) is 1.59. The van der Waals surface area contributed by atoms with E-state index in [1.54, 1.807) is 7.11 Å². The number of methoxy groups -OCH3 is 1. The van der Waals surface area contributed by atoms with E-state index in [1.807, 2.05) is 24.3 Å². The second-order valence-corrected chi connectivity index (χ2v) is 3.68. The second-order valence-electron chi connectivity index (χ2n) is 3.68. The van der Waals surface area contributed by atoms with E-state index in [9.17, 15) is 0 Å². The Morgan fingerprint density at radius 3 is 2.59 bits per heavy atom. The average Bonchev–Trinajstić information content (AvgIpc) is 2.38. The Hall–Kier alpha value is -0.970. The van der Waals surface area contributed by atoms with Crippen molar-refractivity contribution in [1.29, 1.82) is 0 Å². The van der Waals surface area contributed by atoms with E-state index >= 15 is 0 Å². The molecule has 0 amide bonds. The van der Waals surface area contributed by atoms with Gasteiger partial charge in [0, 0.05) is 13.1 Å². The highest BCUT2D eigenvalue weighted by Gasteiger charge is 2.13. The molecule has 96 valence electrons. The Morgan fingerprint density at radius 2 is 2.00 bits per heavy atom. The van der Waals surface area contributed by atoms with E-state index in [-0.39, 0.29) is 18.5 Å². The van der Waals surface area contributed by atoms with Crippen LogP contribution in [0.5, 0.6) is 11.5 Å². The monoisotopic (exact) mass is 259 g/mol. The van der Waals surface area contributed by atoms with E-state index in [4.69, 9.17) is 14.2 Å². The number of nitrogens with one attached hydrogen (secondary N) is 1. The molecule has 1 aromatic rings. The molecule has 1 unspecified atom stereocenters. The molecule has 1 aliphatic rings. The van der Waals surface area contributed by atoms with Crippen LogP contribution in [-0.2, 0) is 4.74 Å². The molecule has 1 N–H and O–H groups in total. The molecule has 0 aliphatic carbocycles. The minimum atomic E-state index is 0. The van der Waals surface area contributed by atoms with Gasteiger partial charge in [-0.15, -0.1) is 12.4 Å². The van der Waals surface area contributed by atoms with Crippen LogP contribution in [0.2, 0.25) is 0 Å². The molecule has 5 heteroatoms. The van der Waals surface area contributed by atoms with Crippen LogP contribution in [0.3, 0.4) is 0 Å². The summed E-state index contributed by atoms with van der Waals surface area (Å²) >= 11 is 0. The molecule has 0 radical (unpaired) electrons. The van der Waals surface area contributed by atoms with Crippen molar-refractivity contribution in [3.8, 4) is 11.5 Å². The van der Waals surface area contributed by atoms with Gasteiger partial charge in [0.05, 0.1) is 13.7 Å². The van der Waals surface area contributed by atoms with Gasteiger partial charge in [-0.2, -0.15) is 0 Å². The largest absolute Gasteiger partial charge is 0.497 e. The Labute approximate surface area is 108 Å². The highest BCUT2D eigenvalue weighted by atomic mass is 35.5. The van der Waals surface area contributed by atoms with E-state index in [0.29, 0.717) is 6.61 Å². The van der Waals surface area contributed by atoms with Crippen molar-refractivity contribution in [1.82, 2.24) is 5.32 Å². The molecule has 1 atom stereocenters. The van der Waals surface area contributed by atoms with Gasteiger partial charge in [0.15, 0.2) is 0 Å². The Bertz CT molecular complexity index is 312. The number of rotatable bonds is 4. The summed E-state index contributed by atoms with van der Waals surface area (Å²) in [5, 5.41) is 3.26. The summed E-state index contributed by atoms with van der Waals surface area (Å²) in [6.45, 7) is 3.13. The van der Waals surface area contributed by atoms with Gasteiger partial charge >= 0.3 is 0 Å². The topological polar surface area (TPSA) is 39.7 Å². The zero-order valence-electron chi connectivity index (χ0n) is 9.85. The van der Waals surface area contributed by atoms with Gasteiger partial charge in [-0.25, -0.2) is 0 Å². The maximum absolute atomic E-state index is 5.62. The van der Waals surface area contributed by atoms with Gasteiger partial charge in [0.1, 0.15) is 24.2 Å². The Kier molecular flexibility index (Phi) is 6.11. The first-order valence-corrected chi connectivity index (χ1v) is 5.47. The zero-order chi connectivity index (χ0) is 11.2. The number of hydrogen-bond acceptors (Lipinski definition) is 4. The normalized spacial score (nSPS) is 19.2. The summed E-state index contributed by atoms with van der Waals surface area (Å²) in [5.41, 5.74) is 0. The number of morpholine rings is 1. The first kappa shape index (κ1) is 14.1. The third-order valence-electron chi connectivity index (χ3n) is 2.50. The highest BCUT2D eigenvalue weighted by molar-refractivity contribution is 5.85. The van der Waals surface area contributed by atoms with Gasteiger partial charge in [0.25, 0.3) is 0 Å². The maximum atomic E-state index is 5.62. The van der Waals surface area contributed by atoms with Gasteiger partial charge in [-0.1, -0.05) is 0 Å². The summed E-state index contributed by atoms with van der Waals surface area (Å²) < 4.78 is 16.2. The molecule has 1 fully saturated rings. The summed E-state index contributed by atoms with van der Waals surface area (Å²) in [7, 11) is 1.65. The molecule has 0 bridgehead atoms. The van der Waals surface area contributed by atoms with Crippen LogP contribution in [-0.4, -0.2) is 39.5 Å². The van der Waals surface area contributed by atoms with Crippen LogP contribution >= 0.6 is 12.4 Å². The predicted octanol–water partition coefficient (Wildman–Crippen LogP) is 1.48. The minimum Gasteiger partial charge on any atom is -0.497 e. The van der Waals surface area contributed by atoms with Gasteiger partial charge in [-0.3, -0.25) is 0 Å². The van der Waals surface area contributed by atoms with Crippen molar-refractivity contribution in [3.05, 3.63) is 24.3 Å². The molecule has 2 rings (SSSR count). The lowest BCUT2D eigenvalue weighted by atomic mass is 10.3. The minimum absolute atomic E-state index is 0. The van der Waals surface area contributed by atoms with Crippen LogP contribution < -0.4 is 14.8 Å². The number of hydrogen-bond donors (Lipinski definition) is 1. The smallest absolute Gasteiger partial charge is 0.119 e. The van der Waals surface area contributed by atoms with Crippen LogP contribution in [0.4, 0.5) is 0 Å². The predicted molar refractivity (Wildman–Crippen MR) is 68.3 cm³/mol. The van der Waals surface area contributed by atoms with E-state index in [2.05, 4.69) is 5.32 Å². The average molecular weight is 260 g/mol. The Morgan fingerprint density at radius 1 is 1.29 bits per heavy atom. The molecular formula is C12H18ClNO3. The fraction of sp³-hybridized carbons (Fsp3) is 0.500. The summed E-state index contributed by atoms with van der Waals surface area (Å²) in [6, 6.07) is 7.56. The number of halogens is 1. The zero-order valence-corrected chi connectivity index (χ0v) is 10.7. The number of benzene rings is 1. The van der Waals surface area contributed by atoms with Crippen molar-refractivity contribution in [2.75, 3.05) is 33.4 Å². The maximum Gasteiger partial charge on any atom is 0.119 e. The molecule has 0 spiro atoms. The third-order valence-corrected chi connectivity index (χ3v) is 2.50. The van der Waals surface area contributed by atoms with Crippen molar-refractivity contribution < 1.29 is 14.2 Å². The summed E-state index contributed by atoms with van der Waals surface area (Å²) in [6.07, 6.45) is 0.149. The molecular weight excluding hydrogens is 242 g/mol. The van der Waals surface area contributed by atoms with Crippen LogP contribution in [0.15, 0.2) is 24.3 Å². The standard InChI is InChI=1S/C12H17NO3.ClH/c1-14-10-2-4-11(5-3-10)16-9-12-8-13-6-7-15-12;/h2-5,12-13H,6-9H2,1H3;1H. The van der Waals surface area contributed by atoms with Crippen molar-refractivity contribution in [2.24, 2.45) is 0 Å². The lowest BCUT2D eigenvalue weighted by molar-refractivity contribution is 0.000188. The lowest BCUT2D eigenvalue weighted by Crippen LogP contribution is -2.41. The van der Waals surface area contributed by atoms with Gasteiger partial charge in [-0.05, 0) is 24.3 Å². The molecule has 1 aromatic carbocycles. The van der Waals surface area contributed by atoms with E-state index < -0.39 is 0 Å². The first-order valence-electron chi connectivity index (χ1n) is 5.47. The molecule has 17 heavy (non-hydrogen) atoms. The Balaban J connectivity index is 0.00000144. The molecule has 0 saturated carbocycles.